The summed E-state index contributed by atoms with van der Waals surface area (Å²) in [6.07, 6.45) is 1.04. The third-order valence-electron chi connectivity index (χ3n) is 5.71. The lowest BCUT2D eigenvalue weighted by atomic mass is 9.68. The Morgan fingerprint density at radius 1 is 0.731 bits per heavy atom. The van der Waals surface area contributed by atoms with Crippen LogP contribution < -0.4 is 18.9 Å². The van der Waals surface area contributed by atoms with Gasteiger partial charge in [-0.3, -0.25) is 0 Å². The van der Waals surface area contributed by atoms with Crippen LogP contribution in [0, 0.1) is 11.8 Å². The SMILES string of the molecule is COc1ccc([C@@H]2c3cc(OC)c(OC)cc3C[C@H](C)[C@@H]2C)cc1OC. The summed E-state index contributed by atoms with van der Waals surface area (Å²) in [7, 11) is 6.71. The van der Waals surface area contributed by atoms with E-state index in [0.29, 0.717) is 11.8 Å². The number of methoxy groups -OCH3 is 4. The van der Waals surface area contributed by atoms with Crippen LogP contribution in [0.4, 0.5) is 0 Å². The summed E-state index contributed by atoms with van der Waals surface area (Å²) in [5.41, 5.74) is 3.86. The van der Waals surface area contributed by atoms with Crippen LogP contribution in [0.2, 0.25) is 0 Å². The van der Waals surface area contributed by atoms with Crippen LogP contribution in [0.3, 0.4) is 0 Å². The molecule has 4 heteroatoms. The van der Waals surface area contributed by atoms with Gasteiger partial charge in [0, 0.05) is 5.92 Å². The van der Waals surface area contributed by atoms with Crippen molar-refractivity contribution in [2.75, 3.05) is 28.4 Å². The molecule has 0 saturated heterocycles. The predicted molar refractivity (Wildman–Crippen MR) is 103 cm³/mol. The van der Waals surface area contributed by atoms with E-state index in [-0.39, 0.29) is 5.92 Å². The number of benzene rings is 2. The van der Waals surface area contributed by atoms with Gasteiger partial charge >= 0.3 is 0 Å². The van der Waals surface area contributed by atoms with Crippen LogP contribution in [0.5, 0.6) is 23.0 Å². The molecule has 0 fully saturated rings. The fourth-order valence-electron chi connectivity index (χ4n) is 4.08. The van der Waals surface area contributed by atoms with E-state index in [9.17, 15) is 0 Å². The topological polar surface area (TPSA) is 36.9 Å². The van der Waals surface area contributed by atoms with Gasteiger partial charge in [0.05, 0.1) is 28.4 Å². The minimum absolute atomic E-state index is 0.272. The molecule has 0 amide bonds. The van der Waals surface area contributed by atoms with Crippen molar-refractivity contribution in [2.45, 2.75) is 26.2 Å². The number of rotatable bonds is 5. The van der Waals surface area contributed by atoms with Gasteiger partial charge in [-0.05, 0) is 59.2 Å². The second kappa shape index (κ2) is 7.48. The summed E-state index contributed by atoms with van der Waals surface area (Å²) in [5, 5.41) is 0. The van der Waals surface area contributed by atoms with Crippen molar-refractivity contribution in [2.24, 2.45) is 11.8 Å². The van der Waals surface area contributed by atoms with E-state index >= 15 is 0 Å². The third kappa shape index (κ3) is 3.09. The molecule has 0 aliphatic heterocycles. The van der Waals surface area contributed by atoms with E-state index in [4.69, 9.17) is 18.9 Å². The van der Waals surface area contributed by atoms with E-state index in [0.717, 1.165) is 29.4 Å². The molecule has 0 radical (unpaired) electrons. The fraction of sp³-hybridized carbons (Fsp3) is 0.455. The van der Waals surface area contributed by atoms with Crippen LogP contribution in [-0.4, -0.2) is 28.4 Å². The van der Waals surface area contributed by atoms with Gasteiger partial charge in [-0.25, -0.2) is 0 Å². The van der Waals surface area contributed by atoms with Crippen molar-refractivity contribution in [3.05, 3.63) is 47.0 Å². The molecule has 0 heterocycles. The standard InChI is InChI=1S/C22H28O4/c1-13-9-16-11-20(25-5)21(26-6)12-17(16)22(14(13)2)15-7-8-18(23-3)19(10-15)24-4/h7-8,10-14,22H,9H2,1-6H3/t13-,14-,22+/m0/s1. The highest BCUT2D eigenvalue weighted by Gasteiger charge is 2.34. The molecule has 2 aromatic rings. The van der Waals surface area contributed by atoms with Gasteiger partial charge < -0.3 is 18.9 Å². The van der Waals surface area contributed by atoms with Gasteiger partial charge in [0.2, 0.25) is 0 Å². The Balaban J connectivity index is 2.15. The smallest absolute Gasteiger partial charge is 0.161 e. The van der Waals surface area contributed by atoms with Gasteiger partial charge in [-0.2, -0.15) is 0 Å². The molecule has 0 bridgehead atoms. The summed E-state index contributed by atoms with van der Waals surface area (Å²) in [6, 6.07) is 10.5. The Morgan fingerprint density at radius 3 is 1.92 bits per heavy atom. The number of ether oxygens (including phenoxy) is 4. The van der Waals surface area contributed by atoms with Crippen LogP contribution >= 0.6 is 0 Å². The van der Waals surface area contributed by atoms with Gasteiger partial charge in [0.25, 0.3) is 0 Å². The van der Waals surface area contributed by atoms with Crippen molar-refractivity contribution < 1.29 is 18.9 Å². The molecule has 3 rings (SSSR count). The van der Waals surface area contributed by atoms with E-state index < -0.39 is 0 Å². The van der Waals surface area contributed by atoms with Crippen molar-refractivity contribution in [1.82, 2.24) is 0 Å². The van der Waals surface area contributed by atoms with Crippen molar-refractivity contribution in [1.29, 1.82) is 0 Å². The summed E-state index contributed by atoms with van der Waals surface area (Å²) < 4.78 is 22.0. The highest BCUT2D eigenvalue weighted by atomic mass is 16.5. The monoisotopic (exact) mass is 356 g/mol. The number of hydrogen-bond acceptors (Lipinski definition) is 4. The van der Waals surface area contributed by atoms with Crippen molar-refractivity contribution >= 4 is 0 Å². The maximum absolute atomic E-state index is 5.56. The molecule has 2 aromatic carbocycles. The molecule has 0 N–H and O–H groups in total. The molecule has 3 atom stereocenters. The molecule has 0 unspecified atom stereocenters. The summed E-state index contributed by atoms with van der Waals surface area (Å²) in [6.45, 7) is 4.64. The number of hydrogen-bond donors (Lipinski definition) is 0. The van der Waals surface area contributed by atoms with E-state index in [2.05, 4.69) is 38.1 Å². The molecule has 4 nitrogen and oxygen atoms in total. The van der Waals surface area contributed by atoms with Crippen molar-refractivity contribution in [3.8, 4) is 23.0 Å². The van der Waals surface area contributed by atoms with Gasteiger partial charge in [0.15, 0.2) is 23.0 Å². The zero-order valence-corrected chi connectivity index (χ0v) is 16.5. The minimum atomic E-state index is 0.272. The highest BCUT2D eigenvalue weighted by Crippen LogP contribution is 2.47. The summed E-state index contributed by atoms with van der Waals surface area (Å²) in [4.78, 5) is 0. The fourth-order valence-corrected chi connectivity index (χ4v) is 4.08. The molecule has 0 saturated carbocycles. The van der Waals surface area contributed by atoms with Gasteiger partial charge in [0.1, 0.15) is 0 Å². The molecule has 1 aliphatic carbocycles. The summed E-state index contributed by atoms with van der Waals surface area (Å²) >= 11 is 0. The molecule has 1 aliphatic rings. The van der Waals surface area contributed by atoms with E-state index in [1.807, 2.05) is 6.07 Å². The average Bonchev–Trinajstić information content (AvgIpc) is 2.67. The van der Waals surface area contributed by atoms with Crippen LogP contribution in [0.25, 0.3) is 0 Å². The highest BCUT2D eigenvalue weighted by molar-refractivity contribution is 5.54. The van der Waals surface area contributed by atoms with Crippen LogP contribution in [0.1, 0.15) is 36.5 Å². The second-order valence-electron chi connectivity index (χ2n) is 7.04. The Morgan fingerprint density at radius 2 is 1.31 bits per heavy atom. The Labute approximate surface area is 156 Å². The van der Waals surface area contributed by atoms with E-state index in [1.165, 1.54) is 16.7 Å². The molecule has 26 heavy (non-hydrogen) atoms. The quantitative estimate of drug-likeness (QED) is 0.779. The maximum Gasteiger partial charge on any atom is 0.161 e. The molecule has 0 spiro atoms. The second-order valence-corrected chi connectivity index (χ2v) is 7.04. The molecular formula is C22H28O4. The van der Waals surface area contributed by atoms with E-state index in [1.54, 1.807) is 28.4 Å². The first-order chi connectivity index (χ1) is 12.5. The lowest BCUT2D eigenvalue weighted by Gasteiger charge is -2.37. The first-order valence-corrected chi connectivity index (χ1v) is 9.00. The predicted octanol–water partition coefficient (Wildman–Crippen LogP) is 4.68. The zero-order chi connectivity index (χ0) is 18.8. The normalized spacial score (nSPS) is 21.7. The van der Waals surface area contributed by atoms with Crippen LogP contribution in [-0.2, 0) is 6.42 Å². The summed E-state index contributed by atoms with van der Waals surface area (Å²) in [5.74, 6) is 4.42. The van der Waals surface area contributed by atoms with Crippen molar-refractivity contribution in [3.63, 3.8) is 0 Å². The van der Waals surface area contributed by atoms with Crippen LogP contribution in [0.15, 0.2) is 30.3 Å². The minimum Gasteiger partial charge on any atom is -0.493 e. The average molecular weight is 356 g/mol. The Hall–Kier alpha value is -2.36. The molecule has 140 valence electrons. The Bertz CT molecular complexity index is 784. The van der Waals surface area contributed by atoms with Gasteiger partial charge in [-0.15, -0.1) is 0 Å². The largest absolute Gasteiger partial charge is 0.493 e. The first-order valence-electron chi connectivity index (χ1n) is 9.00. The Kier molecular flexibility index (Phi) is 5.30. The maximum atomic E-state index is 5.56. The first kappa shape index (κ1) is 18.4. The van der Waals surface area contributed by atoms with Gasteiger partial charge in [-0.1, -0.05) is 19.9 Å². The molecular weight excluding hydrogens is 328 g/mol. The molecule has 0 aromatic heterocycles. The lowest BCUT2D eigenvalue weighted by molar-refractivity contribution is 0.316. The lowest BCUT2D eigenvalue weighted by Crippen LogP contribution is -2.27. The third-order valence-corrected chi connectivity index (χ3v) is 5.71. The zero-order valence-electron chi connectivity index (χ0n) is 16.5. The number of fused-ring (bicyclic) bond motifs is 1.